The fraction of sp³-hybridized carbons (Fsp3) is 0.667. The van der Waals surface area contributed by atoms with Crippen molar-refractivity contribution in [3.8, 4) is 0 Å². The molecule has 0 aliphatic carbocycles. The third-order valence-corrected chi connectivity index (χ3v) is 4.13. The van der Waals surface area contributed by atoms with Gasteiger partial charge in [-0.15, -0.1) is 5.10 Å². The number of rotatable bonds is 4. The Morgan fingerprint density at radius 1 is 1.41 bits per heavy atom. The van der Waals surface area contributed by atoms with Gasteiger partial charge >= 0.3 is 0 Å². The van der Waals surface area contributed by atoms with Crippen molar-refractivity contribution in [2.45, 2.75) is 51.8 Å². The van der Waals surface area contributed by atoms with Crippen molar-refractivity contribution in [1.82, 2.24) is 30.1 Å². The van der Waals surface area contributed by atoms with Gasteiger partial charge in [0.2, 0.25) is 0 Å². The Kier molecular flexibility index (Phi) is 3.78. The number of aromatic amines is 1. The molecule has 7 heteroatoms. The van der Waals surface area contributed by atoms with Crippen LogP contribution in [0.25, 0.3) is 0 Å². The Morgan fingerprint density at radius 3 is 2.73 bits per heavy atom. The van der Waals surface area contributed by atoms with Crippen LogP contribution in [0.15, 0.2) is 12.4 Å². The predicted molar refractivity (Wildman–Crippen MR) is 82.3 cm³/mol. The van der Waals surface area contributed by atoms with Crippen LogP contribution >= 0.6 is 0 Å². The van der Waals surface area contributed by atoms with E-state index in [1.165, 1.54) is 11.3 Å². The number of likely N-dealkylation sites (tertiary alicyclic amines) is 1. The molecule has 0 aromatic carbocycles. The topological polar surface area (TPSA) is 82.9 Å². The maximum Gasteiger partial charge on any atom is 0.111 e. The van der Waals surface area contributed by atoms with Crippen LogP contribution in [-0.4, -0.2) is 48.3 Å². The van der Waals surface area contributed by atoms with E-state index in [1.54, 1.807) is 6.92 Å². The van der Waals surface area contributed by atoms with Gasteiger partial charge in [0.15, 0.2) is 0 Å². The fourth-order valence-corrected chi connectivity index (χ4v) is 2.82. The van der Waals surface area contributed by atoms with Crippen LogP contribution in [0.3, 0.4) is 0 Å². The Balaban J connectivity index is 1.59. The third-order valence-electron chi connectivity index (χ3n) is 4.13. The first kappa shape index (κ1) is 15.2. The number of hydrogen-bond acceptors (Lipinski definition) is 5. The summed E-state index contributed by atoms with van der Waals surface area (Å²) in [5.74, 6) is 0. The number of aliphatic hydroxyl groups excluding tert-OH is 1. The SMILES string of the molecule is CC(O)c1cn(C2CN(Cc3cn[nH]c3C(C)(C)C)C2)nn1. The molecule has 1 aliphatic rings. The molecule has 0 saturated carbocycles. The highest BCUT2D eigenvalue weighted by Crippen LogP contribution is 2.28. The lowest BCUT2D eigenvalue weighted by Crippen LogP contribution is -2.47. The molecule has 2 N–H and O–H groups in total. The molecule has 22 heavy (non-hydrogen) atoms. The third kappa shape index (κ3) is 2.91. The van der Waals surface area contributed by atoms with Crippen molar-refractivity contribution in [3.63, 3.8) is 0 Å². The monoisotopic (exact) mass is 304 g/mol. The standard InChI is InChI=1S/C15H24N6O/c1-10(22)13-9-21(19-17-13)12-7-20(8-12)6-11-5-16-18-14(11)15(2,3)4/h5,9-10,12,22H,6-8H2,1-4H3,(H,16,18). The van der Waals surface area contributed by atoms with Gasteiger partial charge in [0.05, 0.1) is 24.5 Å². The molecule has 1 unspecified atom stereocenters. The molecule has 0 spiro atoms. The minimum absolute atomic E-state index is 0.0776. The zero-order chi connectivity index (χ0) is 15.9. The fourth-order valence-electron chi connectivity index (χ4n) is 2.82. The molecule has 2 aromatic rings. The number of aromatic nitrogens is 5. The molecule has 1 fully saturated rings. The summed E-state index contributed by atoms with van der Waals surface area (Å²) in [6, 6.07) is 0.338. The largest absolute Gasteiger partial charge is 0.387 e. The van der Waals surface area contributed by atoms with Gasteiger partial charge < -0.3 is 5.11 Å². The zero-order valence-corrected chi connectivity index (χ0v) is 13.6. The molecule has 0 radical (unpaired) electrons. The Bertz CT molecular complexity index is 632. The highest BCUT2D eigenvalue weighted by Gasteiger charge is 2.31. The molecular formula is C15H24N6O. The molecular weight excluding hydrogens is 280 g/mol. The van der Waals surface area contributed by atoms with E-state index in [0.29, 0.717) is 11.7 Å². The summed E-state index contributed by atoms with van der Waals surface area (Å²) in [7, 11) is 0. The van der Waals surface area contributed by atoms with E-state index in [0.717, 1.165) is 19.6 Å². The van der Waals surface area contributed by atoms with Gasteiger partial charge in [0.1, 0.15) is 5.69 Å². The van der Waals surface area contributed by atoms with E-state index in [-0.39, 0.29) is 5.41 Å². The summed E-state index contributed by atoms with van der Waals surface area (Å²) in [5, 5.41) is 24.9. The number of aliphatic hydroxyl groups is 1. The van der Waals surface area contributed by atoms with Crippen LogP contribution in [0.5, 0.6) is 0 Å². The van der Waals surface area contributed by atoms with Gasteiger partial charge in [-0.25, -0.2) is 4.68 Å². The Morgan fingerprint density at radius 2 is 2.14 bits per heavy atom. The molecule has 120 valence electrons. The van der Waals surface area contributed by atoms with Crippen molar-refractivity contribution < 1.29 is 5.11 Å². The molecule has 3 heterocycles. The summed E-state index contributed by atoms with van der Waals surface area (Å²) in [4.78, 5) is 2.37. The zero-order valence-electron chi connectivity index (χ0n) is 13.6. The lowest BCUT2D eigenvalue weighted by atomic mass is 9.89. The summed E-state index contributed by atoms with van der Waals surface area (Å²) >= 11 is 0. The molecule has 3 rings (SSSR count). The first-order chi connectivity index (χ1) is 10.3. The van der Waals surface area contributed by atoms with Crippen LogP contribution < -0.4 is 0 Å². The lowest BCUT2D eigenvalue weighted by Gasteiger charge is -2.39. The average Bonchev–Trinajstić information content (AvgIpc) is 3.01. The lowest BCUT2D eigenvalue weighted by molar-refractivity contribution is 0.0890. The van der Waals surface area contributed by atoms with E-state index >= 15 is 0 Å². The average molecular weight is 304 g/mol. The Hall–Kier alpha value is -1.73. The van der Waals surface area contributed by atoms with Gasteiger partial charge in [-0.2, -0.15) is 5.10 Å². The molecule has 1 saturated heterocycles. The molecule has 1 aliphatic heterocycles. The van der Waals surface area contributed by atoms with Crippen LogP contribution in [0.4, 0.5) is 0 Å². The van der Waals surface area contributed by atoms with Crippen molar-refractivity contribution in [1.29, 1.82) is 0 Å². The summed E-state index contributed by atoms with van der Waals surface area (Å²) in [6.45, 7) is 11.1. The van der Waals surface area contributed by atoms with Crippen molar-refractivity contribution in [3.05, 3.63) is 29.3 Å². The quantitative estimate of drug-likeness (QED) is 0.892. The van der Waals surface area contributed by atoms with Crippen LogP contribution in [0.1, 0.15) is 56.8 Å². The Labute approximate surface area is 130 Å². The number of nitrogens with one attached hydrogen (secondary N) is 1. The maximum absolute atomic E-state index is 9.50. The molecule has 0 bridgehead atoms. The number of hydrogen-bond donors (Lipinski definition) is 2. The van der Waals surface area contributed by atoms with Crippen LogP contribution in [0, 0.1) is 0 Å². The summed E-state index contributed by atoms with van der Waals surface area (Å²) < 4.78 is 1.86. The first-order valence-corrected chi connectivity index (χ1v) is 7.69. The van der Waals surface area contributed by atoms with Crippen molar-refractivity contribution >= 4 is 0 Å². The second kappa shape index (κ2) is 5.48. The van der Waals surface area contributed by atoms with Crippen LogP contribution in [-0.2, 0) is 12.0 Å². The van der Waals surface area contributed by atoms with Gasteiger partial charge in [-0.1, -0.05) is 26.0 Å². The second-order valence-corrected chi connectivity index (χ2v) is 7.17. The van der Waals surface area contributed by atoms with Gasteiger partial charge in [-0.05, 0) is 6.92 Å². The van der Waals surface area contributed by atoms with Gasteiger partial charge in [-0.3, -0.25) is 10.00 Å². The molecule has 1 atom stereocenters. The normalized spacial score (nSPS) is 18.4. The highest BCUT2D eigenvalue weighted by atomic mass is 16.3. The molecule has 2 aromatic heterocycles. The first-order valence-electron chi connectivity index (χ1n) is 7.69. The van der Waals surface area contributed by atoms with Crippen molar-refractivity contribution in [2.24, 2.45) is 0 Å². The van der Waals surface area contributed by atoms with Gasteiger partial charge in [0.25, 0.3) is 0 Å². The van der Waals surface area contributed by atoms with Crippen molar-refractivity contribution in [2.75, 3.05) is 13.1 Å². The van der Waals surface area contributed by atoms with Crippen LogP contribution in [0.2, 0.25) is 0 Å². The highest BCUT2D eigenvalue weighted by molar-refractivity contribution is 5.23. The second-order valence-electron chi connectivity index (χ2n) is 7.17. The maximum atomic E-state index is 9.50. The minimum atomic E-state index is -0.565. The smallest absolute Gasteiger partial charge is 0.111 e. The summed E-state index contributed by atoms with van der Waals surface area (Å²) in [5.41, 5.74) is 3.17. The van der Waals surface area contributed by atoms with E-state index in [9.17, 15) is 5.11 Å². The van der Waals surface area contributed by atoms with E-state index < -0.39 is 6.10 Å². The summed E-state index contributed by atoms with van der Waals surface area (Å²) in [6.07, 6.45) is 3.20. The van der Waals surface area contributed by atoms with E-state index in [4.69, 9.17) is 0 Å². The minimum Gasteiger partial charge on any atom is -0.387 e. The number of nitrogens with zero attached hydrogens (tertiary/aromatic N) is 5. The van der Waals surface area contributed by atoms with E-state index in [2.05, 4.69) is 46.2 Å². The molecule has 7 nitrogen and oxygen atoms in total. The van der Waals surface area contributed by atoms with Gasteiger partial charge in [0, 0.05) is 36.3 Å². The predicted octanol–water partition coefficient (Wildman–Crippen LogP) is 1.41. The number of H-pyrrole nitrogens is 1. The molecule has 0 amide bonds. The van der Waals surface area contributed by atoms with E-state index in [1.807, 2.05) is 17.1 Å².